The molecule has 0 radical (unpaired) electrons. The lowest BCUT2D eigenvalue weighted by atomic mass is 10.0. The van der Waals surface area contributed by atoms with E-state index in [4.69, 9.17) is 11.6 Å². The highest BCUT2D eigenvalue weighted by Gasteiger charge is 2.33. The van der Waals surface area contributed by atoms with E-state index in [1.165, 1.54) is 17.1 Å². The fourth-order valence-electron chi connectivity index (χ4n) is 3.27. The van der Waals surface area contributed by atoms with Gasteiger partial charge < -0.3 is 5.32 Å². The van der Waals surface area contributed by atoms with Crippen LogP contribution >= 0.6 is 11.6 Å². The molecule has 1 atom stereocenters. The molecule has 1 saturated carbocycles. The lowest BCUT2D eigenvalue weighted by molar-refractivity contribution is -0.122. The van der Waals surface area contributed by atoms with Crippen molar-refractivity contribution in [3.8, 4) is 0 Å². The van der Waals surface area contributed by atoms with E-state index in [0.29, 0.717) is 22.0 Å². The van der Waals surface area contributed by atoms with Crippen molar-refractivity contribution >= 4 is 28.5 Å². The highest BCUT2D eigenvalue weighted by atomic mass is 35.5. The Morgan fingerprint density at radius 1 is 1.33 bits per heavy atom. The zero-order chi connectivity index (χ0) is 19.0. The van der Waals surface area contributed by atoms with Crippen molar-refractivity contribution < 1.29 is 4.79 Å². The second-order valence-electron chi connectivity index (χ2n) is 6.93. The second kappa shape index (κ2) is 7.15. The summed E-state index contributed by atoms with van der Waals surface area (Å²) in [4.78, 5) is 29.2. The zero-order valence-corrected chi connectivity index (χ0v) is 15.7. The highest BCUT2D eigenvalue weighted by Crippen LogP contribution is 2.41. The molecule has 1 amide bonds. The number of hydrogen-bond acceptors (Lipinski definition) is 4. The lowest BCUT2D eigenvalue weighted by Crippen LogP contribution is -2.31. The minimum Gasteiger partial charge on any atom is -0.349 e. The van der Waals surface area contributed by atoms with Gasteiger partial charge in [0.15, 0.2) is 5.65 Å². The first-order chi connectivity index (χ1) is 13.0. The van der Waals surface area contributed by atoms with E-state index in [0.717, 1.165) is 18.4 Å². The fraction of sp³-hybridized carbons (Fsp3) is 0.368. The number of halogens is 1. The Morgan fingerprint density at radius 2 is 2.07 bits per heavy atom. The van der Waals surface area contributed by atoms with Crippen molar-refractivity contribution in [3.63, 3.8) is 0 Å². The van der Waals surface area contributed by atoms with Gasteiger partial charge in [0.1, 0.15) is 5.39 Å². The average molecular weight is 386 g/mol. The molecule has 27 heavy (non-hydrogen) atoms. The molecule has 8 heteroatoms. The van der Waals surface area contributed by atoms with E-state index >= 15 is 0 Å². The predicted octanol–water partition coefficient (Wildman–Crippen LogP) is 2.44. The minimum atomic E-state index is -0.183. The topological polar surface area (TPSA) is 81.8 Å². The van der Waals surface area contributed by atoms with Crippen molar-refractivity contribution in [2.75, 3.05) is 0 Å². The summed E-state index contributed by atoms with van der Waals surface area (Å²) in [7, 11) is 1.74. The van der Waals surface area contributed by atoms with Crippen molar-refractivity contribution in [1.29, 1.82) is 0 Å². The zero-order valence-electron chi connectivity index (χ0n) is 14.9. The lowest BCUT2D eigenvalue weighted by Gasteiger charge is -2.19. The molecule has 2 aromatic heterocycles. The summed E-state index contributed by atoms with van der Waals surface area (Å²) in [6.07, 6.45) is 5.40. The molecule has 1 aromatic carbocycles. The highest BCUT2D eigenvalue weighted by molar-refractivity contribution is 6.30. The van der Waals surface area contributed by atoms with Crippen LogP contribution in [0.15, 0.2) is 41.6 Å². The molecule has 0 unspecified atom stereocenters. The second-order valence-corrected chi connectivity index (χ2v) is 7.37. The van der Waals surface area contributed by atoms with E-state index < -0.39 is 0 Å². The molecule has 1 aliphatic carbocycles. The van der Waals surface area contributed by atoms with Crippen LogP contribution in [0.3, 0.4) is 0 Å². The largest absolute Gasteiger partial charge is 0.349 e. The number of fused-ring (bicyclic) bond motifs is 1. The van der Waals surface area contributed by atoms with Crippen molar-refractivity contribution in [1.82, 2.24) is 24.6 Å². The van der Waals surface area contributed by atoms with Crippen LogP contribution in [-0.4, -0.2) is 25.2 Å². The maximum Gasteiger partial charge on any atom is 0.264 e. The number of carbonyl (C=O) groups is 1. The van der Waals surface area contributed by atoms with Gasteiger partial charge in [-0.05, 0) is 36.5 Å². The summed E-state index contributed by atoms with van der Waals surface area (Å²) in [6.45, 7) is 0.278. The van der Waals surface area contributed by atoms with Gasteiger partial charge in [0.25, 0.3) is 5.56 Å². The van der Waals surface area contributed by atoms with E-state index in [1.807, 2.05) is 24.3 Å². The van der Waals surface area contributed by atoms with Gasteiger partial charge >= 0.3 is 0 Å². The smallest absolute Gasteiger partial charge is 0.264 e. The van der Waals surface area contributed by atoms with Gasteiger partial charge in [0.05, 0.1) is 18.6 Å². The summed E-state index contributed by atoms with van der Waals surface area (Å²) in [5.41, 5.74) is 1.42. The Kier molecular flexibility index (Phi) is 4.70. The molecule has 0 saturated heterocycles. The molecule has 140 valence electrons. The van der Waals surface area contributed by atoms with Gasteiger partial charge in [-0.15, -0.1) is 0 Å². The van der Waals surface area contributed by atoms with Crippen LogP contribution in [-0.2, 0) is 18.4 Å². The Balaban J connectivity index is 1.44. The SMILES string of the molecule is Cn1ncc2c(=O)n(CCC(=O)N[C@H](c3ccc(Cl)cc3)C3CC3)cnc21. The number of carbonyl (C=O) groups excluding carboxylic acids is 1. The van der Waals surface area contributed by atoms with Gasteiger partial charge in [0, 0.05) is 25.0 Å². The Hall–Kier alpha value is -2.67. The van der Waals surface area contributed by atoms with Crippen molar-refractivity contribution in [3.05, 3.63) is 57.7 Å². The molecule has 7 nitrogen and oxygen atoms in total. The Bertz CT molecular complexity index is 1040. The molecule has 0 aliphatic heterocycles. The Morgan fingerprint density at radius 3 is 2.78 bits per heavy atom. The molecular weight excluding hydrogens is 366 g/mol. The van der Waals surface area contributed by atoms with Crippen LogP contribution in [0.2, 0.25) is 5.02 Å². The summed E-state index contributed by atoms with van der Waals surface area (Å²) in [5.74, 6) is 0.381. The van der Waals surface area contributed by atoms with Gasteiger partial charge in [0.2, 0.25) is 5.91 Å². The maximum atomic E-state index is 12.5. The first-order valence-corrected chi connectivity index (χ1v) is 9.32. The van der Waals surface area contributed by atoms with Crippen LogP contribution in [0.1, 0.15) is 30.9 Å². The van der Waals surface area contributed by atoms with E-state index in [1.54, 1.807) is 11.7 Å². The number of hydrogen-bond donors (Lipinski definition) is 1. The Labute approximate surface area is 161 Å². The summed E-state index contributed by atoms with van der Waals surface area (Å²) < 4.78 is 3.01. The number of nitrogens with one attached hydrogen (secondary N) is 1. The molecular formula is C19H20ClN5O2. The molecule has 4 rings (SSSR count). The summed E-state index contributed by atoms with van der Waals surface area (Å²) >= 11 is 5.96. The third-order valence-corrected chi connectivity index (χ3v) is 5.19. The monoisotopic (exact) mass is 385 g/mol. The molecule has 2 heterocycles. The van der Waals surface area contributed by atoms with Crippen LogP contribution in [0, 0.1) is 5.92 Å². The minimum absolute atomic E-state index is 0.00887. The van der Waals surface area contributed by atoms with Gasteiger partial charge in [-0.2, -0.15) is 5.10 Å². The van der Waals surface area contributed by atoms with Crippen LogP contribution < -0.4 is 10.9 Å². The third-order valence-electron chi connectivity index (χ3n) is 4.94. The third kappa shape index (κ3) is 3.73. The van der Waals surface area contributed by atoms with Crippen molar-refractivity contribution in [2.24, 2.45) is 13.0 Å². The number of benzene rings is 1. The van der Waals surface area contributed by atoms with E-state index in [-0.39, 0.29) is 30.5 Å². The first kappa shape index (κ1) is 17.7. The van der Waals surface area contributed by atoms with E-state index in [2.05, 4.69) is 15.4 Å². The maximum absolute atomic E-state index is 12.5. The summed E-state index contributed by atoms with van der Waals surface area (Å²) in [6, 6.07) is 7.58. The number of aryl methyl sites for hydroxylation is 2. The standard InChI is InChI=1S/C19H20ClN5O2/c1-24-18-15(10-22-24)19(27)25(11-21-18)9-8-16(26)23-17(12-2-3-12)13-4-6-14(20)7-5-13/h4-7,10-12,17H,2-3,8-9H2,1H3,(H,23,26)/t17-/m0/s1. The van der Waals surface area contributed by atoms with Crippen LogP contribution in [0.4, 0.5) is 0 Å². The van der Waals surface area contributed by atoms with E-state index in [9.17, 15) is 9.59 Å². The number of aromatic nitrogens is 4. The quantitative estimate of drug-likeness (QED) is 0.706. The molecule has 1 fully saturated rings. The van der Waals surface area contributed by atoms with Gasteiger partial charge in [-0.1, -0.05) is 23.7 Å². The van der Waals surface area contributed by atoms with Gasteiger partial charge in [-0.3, -0.25) is 18.8 Å². The number of nitrogens with zero attached hydrogens (tertiary/aromatic N) is 4. The molecule has 1 N–H and O–H groups in total. The normalized spacial score (nSPS) is 15.0. The summed E-state index contributed by atoms with van der Waals surface area (Å²) in [5, 5.41) is 8.30. The molecule has 0 bridgehead atoms. The molecule has 1 aliphatic rings. The van der Waals surface area contributed by atoms with Crippen molar-refractivity contribution in [2.45, 2.75) is 31.8 Å². The number of rotatable bonds is 6. The predicted molar refractivity (Wildman–Crippen MR) is 102 cm³/mol. The van der Waals surface area contributed by atoms with Crippen LogP contribution in [0.25, 0.3) is 11.0 Å². The average Bonchev–Trinajstić information content (AvgIpc) is 3.43. The van der Waals surface area contributed by atoms with Gasteiger partial charge in [-0.25, -0.2) is 4.98 Å². The number of amides is 1. The molecule has 3 aromatic rings. The molecule has 0 spiro atoms. The fourth-order valence-corrected chi connectivity index (χ4v) is 3.39. The van der Waals surface area contributed by atoms with Crippen LogP contribution in [0.5, 0.6) is 0 Å². The first-order valence-electron chi connectivity index (χ1n) is 8.95.